The molecule has 110 valence electrons. The molecule has 0 aliphatic carbocycles. The summed E-state index contributed by atoms with van der Waals surface area (Å²) in [6.07, 6.45) is -0.832. The van der Waals surface area contributed by atoms with Gasteiger partial charge in [-0.05, 0) is 43.7 Å². The minimum Gasteiger partial charge on any atom is -0.478 e. The van der Waals surface area contributed by atoms with E-state index in [0.717, 1.165) is 5.56 Å². The molecular formula is C16H15ClFNO2. The van der Waals surface area contributed by atoms with Crippen molar-refractivity contribution in [1.29, 1.82) is 0 Å². The normalized spacial score (nSPS) is 11.8. The van der Waals surface area contributed by atoms with Gasteiger partial charge >= 0.3 is 0 Å². The number of halogens is 2. The second kappa shape index (κ2) is 6.59. The van der Waals surface area contributed by atoms with Crippen LogP contribution in [0.5, 0.6) is 5.75 Å². The Hall–Kier alpha value is -2.07. The molecule has 2 rings (SSSR count). The molecule has 0 saturated heterocycles. The standard InChI is InChI=1S/C16H15ClFNO2/c1-10-7-8-12(9-13(10)17)19-16(20)11(2)21-15-6-4-3-5-14(15)18/h3-9,11H,1-2H3,(H,19,20)/t11-/m0/s1. The Morgan fingerprint density at radius 3 is 2.67 bits per heavy atom. The quantitative estimate of drug-likeness (QED) is 0.919. The number of carbonyl (C=O) groups excluding carboxylic acids is 1. The van der Waals surface area contributed by atoms with Crippen LogP contribution < -0.4 is 10.1 Å². The summed E-state index contributed by atoms with van der Waals surface area (Å²) >= 11 is 6.00. The van der Waals surface area contributed by atoms with Crippen LogP contribution in [0.4, 0.5) is 10.1 Å². The highest BCUT2D eigenvalue weighted by atomic mass is 35.5. The molecule has 21 heavy (non-hydrogen) atoms. The predicted molar refractivity (Wildman–Crippen MR) is 81.3 cm³/mol. The third-order valence-corrected chi connectivity index (χ3v) is 3.36. The van der Waals surface area contributed by atoms with Crippen molar-refractivity contribution in [2.75, 3.05) is 5.32 Å². The molecule has 0 spiro atoms. The van der Waals surface area contributed by atoms with Gasteiger partial charge in [-0.25, -0.2) is 4.39 Å². The zero-order valence-electron chi connectivity index (χ0n) is 11.7. The second-order valence-corrected chi connectivity index (χ2v) is 5.05. The fraction of sp³-hybridized carbons (Fsp3) is 0.188. The van der Waals surface area contributed by atoms with Crippen molar-refractivity contribution in [3.8, 4) is 5.75 Å². The Kier molecular flexibility index (Phi) is 4.81. The summed E-state index contributed by atoms with van der Waals surface area (Å²) in [5.74, 6) is -0.837. The Labute approximate surface area is 127 Å². The first-order chi connectivity index (χ1) is 9.97. The van der Waals surface area contributed by atoms with Gasteiger partial charge in [0, 0.05) is 10.7 Å². The summed E-state index contributed by atoms with van der Waals surface area (Å²) in [4.78, 5) is 12.0. The van der Waals surface area contributed by atoms with Crippen LogP contribution in [0.3, 0.4) is 0 Å². The van der Waals surface area contributed by atoms with Gasteiger partial charge in [0.15, 0.2) is 17.7 Å². The first kappa shape index (κ1) is 15.3. The maximum Gasteiger partial charge on any atom is 0.265 e. The largest absolute Gasteiger partial charge is 0.478 e. The molecule has 5 heteroatoms. The van der Waals surface area contributed by atoms with E-state index < -0.39 is 11.9 Å². The van der Waals surface area contributed by atoms with Gasteiger partial charge in [0.1, 0.15) is 0 Å². The topological polar surface area (TPSA) is 38.3 Å². The number of nitrogens with one attached hydrogen (secondary N) is 1. The molecule has 2 aromatic carbocycles. The van der Waals surface area contributed by atoms with Crippen LogP contribution in [0, 0.1) is 12.7 Å². The molecule has 1 N–H and O–H groups in total. The Morgan fingerprint density at radius 1 is 1.29 bits per heavy atom. The van der Waals surface area contributed by atoms with Gasteiger partial charge in [0.2, 0.25) is 0 Å². The monoisotopic (exact) mass is 307 g/mol. The van der Waals surface area contributed by atoms with E-state index in [4.69, 9.17) is 16.3 Å². The Bertz CT molecular complexity index is 660. The highest BCUT2D eigenvalue weighted by Gasteiger charge is 2.16. The average Bonchev–Trinajstić information content (AvgIpc) is 2.45. The fourth-order valence-electron chi connectivity index (χ4n) is 1.70. The van der Waals surface area contributed by atoms with E-state index in [1.54, 1.807) is 37.3 Å². The van der Waals surface area contributed by atoms with Gasteiger partial charge < -0.3 is 10.1 Å². The number of hydrogen-bond acceptors (Lipinski definition) is 2. The van der Waals surface area contributed by atoms with Crippen molar-refractivity contribution in [3.63, 3.8) is 0 Å². The van der Waals surface area contributed by atoms with E-state index >= 15 is 0 Å². The molecule has 0 aliphatic heterocycles. The van der Waals surface area contributed by atoms with Gasteiger partial charge in [-0.15, -0.1) is 0 Å². The van der Waals surface area contributed by atoms with Crippen molar-refractivity contribution in [3.05, 3.63) is 58.9 Å². The van der Waals surface area contributed by atoms with Gasteiger partial charge in [-0.1, -0.05) is 29.8 Å². The summed E-state index contributed by atoms with van der Waals surface area (Å²) in [6.45, 7) is 3.43. The van der Waals surface area contributed by atoms with E-state index in [-0.39, 0.29) is 11.7 Å². The summed E-state index contributed by atoms with van der Waals surface area (Å²) in [5.41, 5.74) is 1.49. The third-order valence-electron chi connectivity index (χ3n) is 2.95. The van der Waals surface area contributed by atoms with Gasteiger partial charge in [-0.3, -0.25) is 4.79 Å². The van der Waals surface area contributed by atoms with E-state index in [1.165, 1.54) is 12.1 Å². The highest BCUT2D eigenvalue weighted by Crippen LogP contribution is 2.21. The maximum atomic E-state index is 13.5. The van der Waals surface area contributed by atoms with E-state index in [1.807, 2.05) is 6.92 Å². The third kappa shape index (κ3) is 3.95. The van der Waals surface area contributed by atoms with Crippen molar-refractivity contribution in [2.45, 2.75) is 20.0 Å². The first-order valence-corrected chi connectivity index (χ1v) is 6.83. The number of hydrogen-bond donors (Lipinski definition) is 1. The molecular weight excluding hydrogens is 293 g/mol. The Morgan fingerprint density at radius 2 is 2.00 bits per heavy atom. The van der Waals surface area contributed by atoms with Crippen LogP contribution in [-0.2, 0) is 4.79 Å². The lowest BCUT2D eigenvalue weighted by Crippen LogP contribution is -2.30. The lowest BCUT2D eigenvalue weighted by atomic mass is 10.2. The number of para-hydroxylation sites is 1. The lowest BCUT2D eigenvalue weighted by molar-refractivity contribution is -0.122. The van der Waals surface area contributed by atoms with Crippen molar-refractivity contribution in [2.24, 2.45) is 0 Å². The number of anilines is 1. The molecule has 0 aliphatic rings. The molecule has 0 aromatic heterocycles. The molecule has 0 heterocycles. The van der Waals surface area contributed by atoms with Crippen molar-refractivity contribution >= 4 is 23.2 Å². The van der Waals surface area contributed by atoms with Crippen LogP contribution in [0.15, 0.2) is 42.5 Å². The zero-order chi connectivity index (χ0) is 15.4. The van der Waals surface area contributed by atoms with Gasteiger partial charge in [0.05, 0.1) is 0 Å². The Balaban J connectivity index is 2.02. The summed E-state index contributed by atoms with van der Waals surface area (Å²) in [7, 11) is 0. The van der Waals surface area contributed by atoms with E-state index in [9.17, 15) is 9.18 Å². The minimum atomic E-state index is -0.832. The number of ether oxygens (including phenoxy) is 1. The van der Waals surface area contributed by atoms with Crippen molar-refractivity contribution in [1.82, 2.24) is 0 Å². The van der Waals surface area contributed by atoms with Crippen LogP contribution in [-0.4, -0.2) is 12.0 Å². The molecule has 0 radical (unpaired) electrons. The van der Waals surface area contributed by atoms with Crippen LogP contribution >= 0.6 is 11.6 Å². The van der Waals surface area contributed by atoms with Crippen LogP contribution in [0.2, 0.25) is 5.02 Å². The molecule has 2 aromatic rings. The lowest BCUT2D eigenvalue weighted by Gasteiger charge is -2.15. The summed E-state index contributed by atoms with van der Waals surface area (Å²) in [6, 6.07) is 11.2. The SMILES string of the molecule is Cc1ccc(NC(=O)[C@H](C)Oc2ccccc2F)cc1Cl. The fourth-order valence-corrected chi connectivity index (χ4v) is 1.88. The molecule has 0 bridgehead atoms. The average molecular weight is 308 g/mol. The summed E-state index contributed by atoms with van der Waals surface area (Å²) in [5, 5.41) is 3.24. The van der Waals surface area contributed by atoms with E-state index in [0.29, 0.717) is 10.7 Å². The molecule has 1 amide bonds. The summed E-state index contributed by atoms with van der Waals surface area (Å²) < 4.78 is 18.8. The van der Waals surface area contributed by atoms with Crippen LogP contribution in [0.25, 0.3) is 0 Å². The highest BCUT2D eigenvalue weighted by molar-refractivity contribution is 6.31. The first-order valence-electron chi connectivity index (χ1n) is 6.45. The number of benzene rings is 2. The number of aryl methyl sites for hydroxylation is 1. The predicted octanol–water partition coefficient (Wildman–Crippen LogP) is 4.19. The van der Waals surface area contributed by atoms with Crippen molar-refractivity contribution < 1.29 is 13.9 Å². The minimum absolute atomic E-state index is 0.0436. The van der Waals surface area contributed by atoms with E-state index in [2.05, 4.69) is 5.32 Å². The van der Waals surface area contributed by atoms with Gasteiger partial charge in [0.25, 0.3) is 5.91 Å². The molecule has 0 unspecified atom stereocenters. The van der Waals surface area contributed by atoms with Crippen LogP contribution in [0.1, 0.15) is 12.5 Å². The maximum absolute atomic E-state index is 13.5. The number of rotatable bonds is 4. The number of carbonyl (C=O) groups is 1. The molecule has 1 atom stereocenters. The van der Waals surface area contributed by atoms with Gasteiger partial charge in [-0.2, -0.15) is 0 Å². The number of amides is 1. The molecule has 3 nitrogen and oxygen atoms in total. The second-order valence-electron chi connectivity index (χ2n) is 4.64. The molecule has 0 saturated carbocycles. The molecule has 0 fully saturated rings. The zero-order valence-corrected chi connectivity index (χ0v) is 12.4. The smallest absolute Gasteiger partial charge is 0.265 e.